The number of fused-ring (bicyclic) bond motifs is 3. The molecule has 0 bridgehead atoms. The van der Waals surface area contributed by atoms with Gasteiger partial charge >= 0.3 is 12.1 Å². The van der Waals surface area contributed by atoms with E-state index in [4.69, 9.17) is 14.6 Å². The molecule has 1 saturated heterocycles. The zero-order valence-corrected chi connectivity index (χ0v) is 16.3. The van der Waals surface area contributed by atoms with E-state index < -0.39 is 12.1 Å². The number of hydrogen-bond donors (Lipinski definition) is 1. The molecule has 0 unspecified atom stereocenters. The number of carboxylic acids is 1. The van der Waals surface area contributed by atoms with Gasteiger partial charge in [0.1, 0.15) is 6.61 Å². The molecule has 2 aromatic carbocycles. The summed E-state index contributed by atoms with van der Waals surface area (Å²) < 4.78 is 11.1. The van der Waals surface area contributed by atoms with E-state index in [0.29, 0.717) is 26.1 Å². The van der Waals surface area contributed by atoms with E-state index >= 15 is 0 Å². The van der Waals surface area contributed by atoms with E-state index in [1.165, 1.54) is 11.1 Å². The summed E-state index contributed by atoms with van der Waals surface area (Å²) in [6.45, 7) is 1.53. The van der Waals surface area contributed by atoms with Gasteiger partial charge in [0, 0.05) is 31.7 Å². The molecule has 0 radical (unpaired) electrons. The van der Waals surface area contributed by atoms with Crippen LogP contribution in [0.4, 0.5) is 4.79 Å². The molecule has 1 amide bonds. The van der Waals surface area contributed by atoms with Crippen molar-refractivity contribution in [1.82, 2.24) is 4.90 Å². The van der Waals surface area contributed by atoms with Crippen molar-refractivity contribution in [2.75, 3.05) is 26.4 Å². The van der Waals surface area contributed by atoms with Crippen LogP contribution in [0.1, 0.15) is 36.3 Å². The minimum absolute atomic E-state index is 0.0117. The second kappa shape index (κ2) is 8.66. The topological polar surface area (TPSA) is 76.1 Å². The van der Waals surface area contributed by atoms with Crippen LogP contribution in [0.25, 0.3) is 11.1 Å². The Kier molecular flexibility index (Phi) is 5.81. The molecule has 0 spiro atoms. The molecule has 152 valence electrons. The number of rotatable bonds is 6. The van der Waals surface area contributed by atoms with Gasteiger partial charge in [0.15, 0.2) is 0 Å². The van der Waals surface area contributed by atoms with Crippen molar-refractivity contribution in [1.29, 1.82) is 0 Å². The van der Waals surface area contributed by atoms with Crippen LogP contribution in [0.2, 0.25) is 0 Å². The quantitative estimate of drug-likeness (QED) is 0.803. The van der Waals surface area contributed by atoms with Crippen molar-refractivity contribution in [2.24, 2.45) is 0 Å². The van der Waals surface area contributed by atoms with Crippen molar-refractivity contribution in [3.63, 3.8) is 0 Å². The smallest absolute Gasteiger partial charge is 0.410 e. The lowest BCUT2D eigenvalue weighted by Gasteiger charge is -2.33. The molecule has 1 aliphatic heterocycles. The summed E-state index contributed by atoms with van der Waals surface area (Å²) >= 11 is 0. The number of hydrogen-bond acceptors (Lipinski definition) is 4. The number of aliphatic carboxylic acids is 1. The van der Waals surface area contributed by atoms with Crippen LogP contribution in [0.5, 0.6) is 0 Å². The molecule has 29 heavy (non-hydrogen) atoms. The van der Waals surface area contributed by atoms with E-state index in [1.807, 2.05) is 24.3 Å². The molecule has 1 heterocycles. The lowest BCUT2D eigenvalue weighted by Crippen LogP contribution is -2.45. The average Bonchev–Trinajstić information content (AvgIpc) is 3.07. The molecule has 6 heteroatoms. The molecular formula is C23H25NO5. The van der Waals surface area contributed by atoms with Crippen LogP contribution in [-0.4, -0.2) is 54.5 Å². The van der Waals surface area contributed by atoms with Crippen LogP contribution in [-0.2, 0) is 14.3 Å². The standard InChI is InChI=1S/C23H25NO5/c25-22(26)9-12-24(16-10-13-28-14-11-16)23(27)29-15-21-19-7-3-1-5-17(19)18-6-2-4-8-20(18)21/h1-8,16,21H,9-15H2,(H,25,26). The third kappa shape index (κ3) is 4.12. The second-order valence-electron chi connectivity index (χ2n) is 7.48. The van der Waals surface area contributed by atoms with Crippen LogP contribution < -0.4 is 0 Å². The second-order valence-corrected chi connectivity index (χ2v) is 7.48. The molecule has 0 aromatic heterocycles. The highest BCUT2D eigenvalue weighted by Gasteiger charge is 2.31. The van der Waals surface area contributed by atoms with Gasteiger partial charge < -0.3 is 19.5 Å². The Morgan fingerprint density at radius 1 is 1.00 bits per heavy atom. The van der Waals surface area contributed by atoms with Gasteiger partial charge in [-0.2, -0.15) is 0 Å². The van der Waals surface area contributed by atoms with Gasteiger partial charge in [-0.1, -0.05) is 48.5 Å². The first kappa shape index (κ1) is 19.5. The Labute approximate surface area is 170 Å². The lowest BCUT2D eigenvalue weighted by atomic mass is 9.98. The highest BCUT2D eigenvalue weighted by Crippen LogP contribution is 2.44. The molecule has 0 saturated carbocycles. The maximum absolute atomic E-state index is 12.9. The Morgan fingerprint density at radius 3 is 2.17 bits per heavy atom. The Balaban J connectivity index is 1.49. The largest absolute Gasteiger partial charge is 0.481 e. The minimum atomic E-state index is -0.923. The number of carboxylic acid groups (broad SMARTS) is 1. The van der Waals surface area contributed by atoms with Crippen molar-refractivity contribution < 1.29 is 24.2 Å². The fourth-order valence-electron chi connectivity index (χ4n) is 4.31. The van der Waals surface area contributed by atoms with E-state index in [1.54, 1.807) is 4.90 Å². The molecule has 4 rings (SSSR count). The number of ether oxygens (including phenoxy) is 2. The first-order valence-electron chi connectivity index (χ1n) is 10.1. The van der Waals surface area contributed by atoms with E-state index in [-0.39, 0.29) is 31.5 Å². The third-order valence-corrected chi connectivity index (χ3v) is 5.77. The number of amides is 1. The normalized spacial score (nSPS) is 16.1. The summed E-state index contributed by atoms with van der Waals surface area (Å²) in [5, 5.41) is 9.06. The fourth-order valence-corrected chi connectivity index (χ4v) is 4.31. The Morgan fingerprint density at radius 2 is 1.59 bits per heavy atom. The van der Waals surface area contributed by atoms with E-state index in [0.717, 1.165) is 11.1 Å². The highest BCUT2D eigenvalue weighted by atomic mass is 16.6. The van der Waals surface area contributed by atoms with Gasteiger partial charge in [-0.15, -0.1) is 0 Å². The molecule has 6 nitrogen and oxygen atoms in total. The first-order chi connectivity index (χ1) is 14.1. The van der Waals surface area contributed by atoms with E-state index in [2.05, 4.69) is 24.3 Å². The summed E-state index contributed by atoms with van der Waals surface area (Å²) in [6.07, 6.45) is 0.856. The summed E-state index contributed by atoms with van der Waals surface area (Å²) in [4.78, 5) is 25.5. The van der Waals surface area contributed by atoms with E-state index in [9.17, 15) is 9.59 Å². The number of benzene rings is 2. The molecule has 0 atom stereocenters. The maximum Gasteiger partial charge on any atom is 0.410 e. The monoisotopic (exact) mass is 395 g/mol. The molecule has 1 aliphatic carbocycles. The number of carbonyl (C=O) groups is 2. The van der Waals surface area contributed by atoms with Crippen LogP contribution in [0.15, 0.2) is 48.5 Å². The van der Waals surface area contributed by atoms with Crippen molar-refractivity contribution in [3.05, 3.63) is 59.7 Å². The zero-order valence-electron chi connectivity index (χ0n) is 16.3. The molecule has 1 fully saturated rings. The van der Waals surface area contributed by atoms with Crippen molar-refractivity contribution in [3.8, 4) is 11.1 Å². The minimum Gasteiger partial charge on any atom is -0.481 e. The Bertz CT molecular complexity index is 845. The third-order valence-electron chi connectivity index (χ3n) is 5.77. The van der Waals surface area contributed by atoms with Gasteiger partial charge in [-0.05, 0) is 35.1 Å². The number of carbonyl (C=O) groups excluding carboxylic acids is 1. The van der Waals surface area contributed by atoms with Gasteiger partial charge in [-0.3, -0.25) is 4.79 Å². The highest BCUT2D eigenvalue weighted by molar-refractivity contribution is 5.79. The predicted octanol–water partition coefficient (Wildman–Crippen LogP) is 3.89. The fraction of sp³-hybridized carbons (Fsp3) is 0.391. The summed E-state index contributed by atoms with van der Waals surface area (Å²) in [5.74, 6) is -0.934. The van der Waals surface area contributed by atoms with Gasteiger partial charge in [0.2, 0.25) is 0 Å². The maximum atomic E-state index is 12.9. The zero-order chi connectivity index (χ0) is 20.2. The average molecular weight is 395 g/mol. The SMILES string of the molecule is O=C(O)CCN(C(=O)OCC1c2ccccc2-c2ccccc21)C1CCOCC1. The first-order valence-corrected chi connectivity index (χ1v) is 10.1. The van der Waals surface area contributed by atoms with Crippen LogP contribution >= 0.6 is 0 Å². The molecule has 2 aliphatic rings. The van der Waals surface area contributed by atoms with Crippen molar-refractivity contribution in [2.45, 2.75) is 31.2 Å². The summed E-state index contributed by atoms with van der Waals surface area (Å²) in [7, 11) is 0. The Hall–Kier alpha value is -2.86. The summed E-state index contributed by atoms with van der Waals surface area (Å²) in [5.41, 5.74) is 4.67. The van der Waals surface area contributed by atoms with Crippen molar-refractivity contribution >= 4 is 12.1 Å². The van der Waals surface area contributed by atoms with Gasteiger partial charge in [-0.25, -0.2) is 4.79 Å². The lowest BCUT2D eigenvalue weighted by molar-refractivity contribution is -0.137. The van der Waals surface area contributed by atoms with Gasteiger partial charge in [0.05, 0.1) is 6.42 Å². The summed E-state index contributed by atoms with van der Waals surface area (Å²) in [6, 6.07) is 16.3. The molecule has 1 N–H and O–H groups in total. The van der Waals surface area contributed by atoms with Crippen LogP contribution in [0.3, 0.4) is 0 Å². The predicted molar refractivity (Wildman–Crippen MR) is 108 cm³/mol. The van der Waals surface area contributed by atoms with Gasteiger partial charge in [0.25, 0.3) is 0 Å². The van der Waals surface area contributed by atoms with Crippen LogP contribution in [0, 0.1) is 0 Å². The molecule has 2 aromatic rings. The molecular weight excluding hydrogens is 370 g/mol. The number of nitrogens with zero attached hydrogens (tertiary/aromatic N) is 1.